The van der Waals surface area contributed by atoms with E-state index in [9.17, 15) is 4.79 Å². The minimum absolute atomic E-state index is 0.0696. The minimum Gasteiger partial charge on any atom is -0.381 e. The molecule has 3 fully saturated rings. The largest absolute Gasteiger partial charge is 0.381 e. The average Bonchev–Trinajstić information content (AvgIpc) is 3.38. The van der Waals surface area contributed by atoms with Gasteiger partial charge in [0.2, 0.25) is 0 Å². The van der Waals surface area contributed by atoms with Gasteiger partial charge in [-0.25, -0.2) is 0 Å². The first-order chi connectivity index (χ1) is 11.3. The summed E-state index contributed by atoms with van der Waals surface area (Å²) in [6.45, 7) is 4.67. The van der Waals surface area contributed by atoms with Crippen LogP contribution in [0, 0.1) is 5.92 Å². The number of hydrogen-bond donors (Lipinski definition) is 0. The average molecular weight is 315 g/mol. The molecule has 3 heterocycles. The number of nitrogens with zero attached hydrogens (tertiary/aromatic N) is 3. The number of hydrogen-bond acceptors (Lipinski definition) is 4. The molecule has 0 spiro atoms. The number of likely N-dealkylation sites (tertiary alicyclic amines) is 1. The third-order valence-electron chi connectivity index (χ3n) is 5.33. The molecule has 2 saturated heterocycles. The molecule has 1 aromatic rings. The Morgan fingerprint density at radius 1 is 1.17 bits per heavy atom. The van der Waals surface area contributed by atoms with E-state index in [0.717, 1.165) is 45.1 Å². The molecule has 1 amide bonds. The molecule has 0 N–H and O–H groups in total. The first kappa shape index (κ1) is 15.1. The Morgan fingerprint density at radius 2 is 1.96 bits per heavy atom. The molecular weight excluding hydrogens is 290 g/mol. The molecule has 0 radical (unpaired) electrons. The molecule has 1 aliphatic carbocycles. The van der Waals surface area contributed by atoms with Crippen molar-refractivity contribution in [2.24, 2.45) is 5.92 Å². The highest BCUT2D eigenvalue weighted by Crippen LogP contribution is 2.34. The van der Waals surface area contributed by atoms with Crippen LogP contribution in [0.2, 0.25) is 0 Å². The van der Waals surface area contributed by atoms with Crippen molar-refractivity contribution >= 4 is 5.91 Å². The van der Waals surface area contributed by atoms with Crippen LogP contribution in [0.5, 0.6) is 0 Å². The number of pyridine rings is 1. The molecule has 0 atom stereocenters. The lowest BCUT2D eigenvalue weighted by atomic mass is 9.99. The second kappa shape index (κ2) is 6.57. The van der Waals surface area contributed by atoms with E-state index in [0.29, 0.717) is 17.8 Å². The molecular formula is C18H25N3O2. The minimum atomic E-state index is 0.0696. The lowest BCUT2D eigenvalue weighted by Gasteiger charge is -2.49. The lowest BCUT2D eigenvalue weighted by Crippen LogP contribution is -2.64. The van der Waals surface area contributed by atoms with E-state index < -0.39 is 0 Å². The van der Waals surface area contributed by atoms with Crippen LogP contribution < -0.4 is 0 Å². The molecule has 5 heteroatoms. The summed E-state index contributed by atoms with van der Waals surface area (Å²) in [5.74, 6) is 0.957. The van der Waals surface area contributed by atoms with E-state index in [1.54, 1.807) is 12.3 Å². The van der Waals surface area contributed by atoms with Crippen molar-refractivity contribution in [1.82, 2.24) is 14.8 Å². The van der Waals surface area contributed by atoms with E-state index in [-0.39, 0.29) is 5.91 Å². The summed E-state index contributed by atoms with van der Waals surface area (Å²) in [6, 6.07) is 6.68. The van der Waals surface area contributed by atoms with Crippen LogP contribution >= 0.6 is 0 Å². The first-order valence-electron chi connectivity index (χ1n) is 8.85. The van der Waals surface area contributed by atoms with Crippen molar-refractivity contribution in [3.05, 3.63) is 30.1 Å². The lowest BCUT2D eigenvalue weighted by molar-refractivity contribution is -0.0268. The summed E-state index contributed by atoms with van der Waals surface area (Å²) in [4.78, 5) is 21.2. The summed E-state index contributed by atoms with van der Waals surface area (Å²) in [5, 5.41) is 0. The summed E-state index contributed by atoms with van der Waals surface area (Å²) in [5.41, 5.74) is 0.561. The fourth-order valence-electron chi connectivity index (χ4n) is 3.69. The third kappa shape index (κ3) is 3.40. The summed E-state index contributed by atoms with van der Waals surface area (Å²) in [6.07, 6.45) is 6.72. The van der Waals surface area contributed by atoms with Crippen molar-refractivity contribution in [3.63, 3.8) is 0 Å². The van der Waals surface area contributed by atoms with E-state index in [4.69, 9.17) is 4.74 Å². The number of rotatable bonds is 5. The van der Waals surface area contributed by atoms with Gasteiger partial charge in [0.05, 0.1) is 0 Å². The van der Waals surface area contributed by atoms with Crippen molar-refractivity contribution in [2.45, 2.75) is 37.8 Å². The van der Waals surface area contributed by atoms with Crippen LogP contribution in [-0.2, 0) is 4.74 Å². The van der Waals surface area contributed by atoms with Crippen LogP contribution in [0.15, 0.2) is 24.4 Å². The van der Waals surface area contributed by atoms with Gasteiger partial charge in [-0.1, -0.05) is 6.07 Å². The SMILES string of the molecule is O=C(c1ccccn1)N1CC(N(CC2CC2)C2CCOCC2)C1. The standard InChI is InChI=1S/C18H25N3O2/c22-18(17-3-1-2-8-19-17)20-12-16(13-20)21(11-14-4-5-14)15-6-9-23-10-7-15/h1-3,8,14-16H,4-7,9-13H2. The normalized spacial score (nSPS) is 23.1. The molecule has 3 aliphatic rings. The van der Waals surface area contributed by atoms with Gasteiger partial charge in [-0.2, -0.15) is 0 Å². The number of carbonyl (C=O) groups is 1. The van der Waals surface area contributed by atoms with Gasteiger partial charge in [-0.05, 0) is 43.7 Å². The topological polar surface area (TPSA) is 45.7 Å². The summed E-state index contributed by atoms with van der Waals surface area (Å²) >= 11 is 0. The summed E-state index contributed by atoms with van der Waals surface area (Å²) in [7, 11) is 0. The molecule has 1 aromatic heterocycles. The molecule has 4 rings (SSSR count). The second-order valence-corrected chi connectivity index (χ2v) is 7.06. The smallest absolute Gasteiger partial charge is 0.272 e. The summed E-state index contributed by atoms with van der Waals surface area (Å²) < 4.78 is 5.52. The van der Waals surface area contributed by atoms with Gasteiger partial charge in [-0.15, -0.1) is 0 Å². The molecule has 23 heavy (non-hydrogen) atoms. The van der Waals surface area contributed by atoms with Crippen molar-refractivity contribution in [2.75, 3.05) is 32.8 Å². The molecule has 124 valence electrons. The molecule has 0 bridgehead atoms. The van der Waals surface area contributed by atoms with Crippen LogP contribution in [0.4, 0.5) is 0 Å². The van der Waals surface area contributed by atoms with Crippen LogP contribution in [0.25, 0.3) is 0 Å². The predicted molar refractivity (Wildman–Crippen MR) is 87.2 cm³/mol. The molecule has 5 nitrogen and oxygen atoms in total. The zero-order valence-electron chi connectivity index (χ0n) is 13.6. The Labute approximate surface area is 137 Å². The second-order valence-electron chi connectivity index (χ2n) is 7.06. The predicted octanol–water partition coefficient (Wildman–Crippen LogP) is 1.80. The first-order valence-corrected chi connectivity index (χ1v) is 8.85. The van der Waals surface area contributed by atoms with Gasteiger partial charge >= 0.3 is 0 Å². The Balaban J connectivity index is 1.36. The van der Waals surface area contributed by atoms with Crippen LogP contribution in [0.3, 0.4) is 0 Å². The van der Waals surface area contributed by atoms with Gasteiger partial charge in [-0.3, -0.25) is 14.7 Å². The molecule has 2 aliphatic heterocycles. The van der Waals surface area contributed by atoms with Crippen molar-refractivity contribution in [3.8, 4) is 0 Å². The Kier molecular flexibility index (Phi) is 4.31. The van der Waals surface area contributed by atoms with Gasteiger partial charge in [0.25, 0.3) is 5.91 Å². The maximum Gasteiger partial charge on any atom is 0.272 e. The van der Waals surface area contributed by atoms with Crippen LogP contribution in [-0.4, -0.2) is 65.6 Å². The zero-order valence-corrected chi connectivity index (χ0v) is 13.6. The van der Waals surface area contributed by atoms with E-state index in [1.165, 1.54) is 19.4 Å². The number of ether oxygens (including phenoxy) is 1. The van der Waals surface area contributed by atoms with Gasteiger partial charge in [0, 0.05) is 51.1 Å². The highest BCUT2D eigenvalue weighted by atomic mass is 16.5. The van der Waals surface area contributed by atoms with Crippen molar-refractivity contribution < 1.29 is 9.53 Å². The van der Waals surface area contributed by atoms with Crippen molar-refractivity contribution in [1.29, 1.82) is 0 Å². The monoisotopic (exact) mass is 315 g/mol. The third-order valence-corrected chi connectivity index (χ3v) is 5.33. The maximum atomic E-state index is 12.4. The fraction of sp³-hybridized carbons (Fsp3) is 0.667. The Hall–Kier alpha value is -1.46. The molecule has 1 saturated carbocycles. The molecule has 0 unspecified atom stereocenters. The molecule has 0 aromatic carbocycles. The number of carbonyl (C=O) groups excluding carboxylic acids is 1. The Bertz CT molecular complexity index is 534. The van der Waals surface area contributed by atoms with E-state index in [1.807, 2.05) is 17.0 Å². The van der Waals surface area contributed by atoms with E-state index in [2.05, 4.69) is 9.88 Å². The van der Waals surface area contributed by atoms with E-state index >= 15 is 0 Å². The number of amides is 1. The van der Waals surface area contributed by atoms with Gasteiger partial charge < -0.3 is 9.64 Å². The quantitative estimate of drug-likeness (QED) is 0.831. The zero-order chi connectivity index (χ0) is 15.6. The van der Waals surface area contributed by atoms with Crippen LogP contribution in [0.1, 0.15) is 36.2 Å². The maximum absolute atomic E-state index is 12.4. The van der Waals surface area contributed by atoms with Gasteiger partial charge in [0.15, 0.2) is 0 Å². The van der Waals surface area contributed by atoms with Gasteiger partial charge in [0.1, 0.15) is 5.69 Å². The fourth-order valence-corrected chi connectivity index (χ4v) is 3.69. The highest BCUT2D eigenvalue weighted by molar-refractivity contribution is 5.92. The highest BCUT2D eigenvalue weighted by Gasteiger charge is 2.40. The number of aromatic nitrogens is 1. The Morgan fingerprint density at radius 3 is 2.61 bits per heavy atom.